The molecule has 0 spiro atoms. The first-order valence-corrected chi connectivity index (χ1v) is 6.55. The van der Waals surface area contributed by atoms with E-state index in [4.69, 9.17) is 28.3 Å². The molecule has 1 aromatic rings. The minimum Gasteiger partial charge on any atom is -0.481 e. The van der Waals surface area contributed by atoms with Crippen LogP contribution in [0.2, 0.25) is 10.0 Å². The number of aliphatic carboxylic acids is 1. The fraction of sp³-hybridized carbons (Fsp3) is 0.385. The Kier molecular flexibility index (Phi) is 6.12. The summed E-state index contributed by atoms with van der Waals surface area (Å²) in [5, 5.41) is 9.55. The van der Waals surface area contributed by atoms with Crippen LogP contribution in [0.25, 0.3) is 0 Å². The Morgan fingerprint density at radius 1 is 1.16 bits per heavy atom. The van der Waals surface area contributed by atoms with Crippen LogP contribution in [-0.2, 0) is 16.1 Å². The molecule has 1 N–H and O–H groups in total. The van der Waals surface area contributed by atoms with E-state index in [2.05, 4.69) is 0 Å². The molecular weight excluding hydrogens is 289 g/mol. The van der Waals surface area contributed by atoms with Crippen LogP contribution in [0.5, 0.6) is 0 Å². The van der Waals surface area contributed by atoms with Gasteiger partial charge >= 0.3 is 5.97 Å². The number of rotatable bonds is 6. The lowest BCUT2D eigenvalue weighted by molar-refractivity contribution is -0.137. The van der Waals surface area contributed by atoms with Crippen molar-refractivity contribution in [3.8, 4) is 0 Å². The molecule has 0 unspecified atom stereocenters. The first-order valence-electron chi connectivity index (χ1n) is 5.79. The molecule has 0 saturated carbocycles. The standard InChI is InChI=1S/C13H15Cl2NO3/c1-16(12(17)3-2-4-13(18)19)8-9-5-10(14)7-11(15)6-9/h5-7H,2-4,8H2,1H3,(H,18,19). The van der Waals surface area contributed by atoms with Crippen molar-refractivity contribution in [2.75, 3.05) is 7.05 Å². The van der Waals surface area contributed by atoms with Gasteiger partial charge in [-0.05, 0) is 30.2 Å². The highest BCUT2D eigenvalue weighted by atomic mass is 35.5. The molecule has 0 aliphatic rings. The molecule has 0 bridgehead atoms. The molecule has 0 heterocycles. The molecule has 0 atom stereocenters. The van der Waals surface area contributed by atoms with E-state index in [1.807, 2.05) is 0 Å². The smallest absolute Gasteiger partial charge is 0.303 e. The molecule has 0 radical (unpaired) electrons. The van der Waals surface area contributed by atoms with E-state index in [1.54, 1.807) is 25.2 Å². The van der Waals surface area contributed by atoms with Crippen LogP contribution < -0.4 is 0 Å². The zero-order valence-corrected chi connectivity index (χ0v) is 12.0. The molecule has 0 aliphatic heterocycles. The van der Waals surface area contributed by atoms with Gasteiger partial charge in [-0.25, -0.2) is 0 Å². The van der Waals surface area contributed by atoms with E-state index in [-0.39, 0.29) is 18.7 Å². The highest BCUT2D eigenvalue weighted by Gasteiger charge is 2.10. The number of carbonyl (C=O) groups excluding carboxylic acids is 1. The van der Waals surface area contributed by atoms with Gasteiger partial charge in [0.05, 0.1) is 0 Å². The second-order valence-electron chi connectivity index (χ2n) is 4.27. The first-order chi connectivity index (χ1) is 8.88. The predicted molar refractivity (Wildman–Crippen MR) is 74.4 cm³/mol. The average Bonchev–Trinajstić information content (AvgIpc) is 2.26. The Hall–Kier alpha value is -1.26. The second kappa shape index (κ2) is 7.36. The number of halogens is 2. The fourth-order valence-corrected chi connectivity index (χ4v) is 2.22. The van der Waals surface area contributed by atoms with Gasteiger partial charge in [0.2, 0.25) is 5.91 Å². The predicted octanol–water partition coefficient (Wildman–Crippen LogP) is 3.21. The lowest BCUT2D eigenvalue weighted by Crippen LogP contribution is -2.26. The Bertz CT molecular complexity index is 457. The molecule has 6 heteroatoms. The van der Waals surface area contributed by atoms with Crippen molar-refractivity contribution in [3.63, 3.8) is 0 Å². The number of nitrogens with zero attached hydrogens (tertiary/aromatic N) is 1. The first kappa shape index (κ1) is 15.8. The van der Waals surface area contributed by atoms with Crippen LogP contribution in [-0.4, -0.2) is 28.9 Å². The monoisotopic (exact) mass is 303 g/mol. The topological polar surface area (TPSA) is 57.6 Å². The Morgan fingerprint density at radius 3 is 2.26 bits per heavy atom. The van der Waals surface area contributed by atoms with Crippen molar-refractivity contribution in [1.82, 2.24) is 4.90 Å². The summed E-state index contributed by atoms with van der Waals surface area (Å²) in [7, 11) is 1.66. The van der Waals surface area contributed by atoms with Gasteiger partial charge in [-0.1, -0.05) is 23.2 Å². The summed E-state index contributed by atoms with van der Waals surface area (Å²) in [5.74, 6) is -0.991. The zero-order chi connectivity index (χ0) is 14.4. The van der Waals surface area contributed by atoms with Crippen molar-refractivity contribution in [1.29, 1.82) is 0 Å². The number of carboxylic acid groups (broad SMARTS) is 1. The molecule has 0 fully saturated rings. The van der Waals surface area contributed by atoms with E-state index in [1.165, 1.54) is 4.90 Å². The van der Waals surface area contributed by atoms with E-state index in [9.17, 15) is 9.59 Å². The van der Waals surface area contributed by atoms with Gasteiger partial charge in [-0.15, -0.1) is 0 Å². The van der Waals surface area contributed by atoms with E-state index >= 15 is 0 Å². The highest BCUT2D eigenvalue weighted by Crippen LogP contribution is 2.20. The maximum Gasteiger partial charge on any atom is 0.303 e. The lowest BCUT2D eigenvalue weighted by Gasteiger charge is -2.17. The fourth-order valence-electron chi connectivity index (χ4n) is 1.65. The third-order valence-electron chi connectivity index (χ3n) is 2.55. The molecule has 4 nitrogen and oxygen atoms in total. The highest BCUT2D eigenvalue weighted by molar-refractivity contribution is 6.34. The van der Waals surface area contributed by atoms with Crippen LogP contribution in [0.4, 0.5) is 0 Å². The summed E-state index contributed by atoms with van der Waals surface area (Å²) in [4.78, 5) is 23.7. The quantitative estimate of drug-likeness (QED) is 0.878. The van der Waals surface area contributed by atoms with Gasteiger partial charge in [-0.2, -0.15) is 0 Å². The van der Waals surface area contributed by atoms with Gasteiger partial charge in [0.15, 0.2) is 0 Å². The normalized spacial score (nSPS) is 10.3. The van der Waals surface area contributed by atoms with Crippen molar-refractivity contribution >= 4 is 35.1 Å². The van der Waals surface area contributed by atoms with Gasteiger partial charge in [0.25, 0.3) is 0 Å². The number of carbonyl (C=O) groups is 2. The SMILES string of the molecule is CN(Cc1cc(Cl)cc(Cl)c1)C(=O)CCCC(=O)O. The van der Waals surface area contributed by atoms with E-state index < -0.39 is 5.97 Å². The molecule has 104 valence electrons. The molecule has 0 saturated heterocycles. The number of benzene rings is 1. The van der Waals surface area contributed by atoms with E-state index in [0.717, 1.165) is 5.56 Å². The van der Waals surface area contributed by atoms with Crippen molar-refractivity contribution in [2.45, 2.75) is 25.8 Å². The molecule has 0 aliphatic carbocycles. The summed E-state index contributed by atoms with van der Waals surface area (Å²) in [6.07, 6.45) is 0.564. The van der Waals surface area contributed by atoms with Crippen LogP contribution in [0.1, 0.15) is 24.8 Å². The Balaban J connectivity index is 2.51. The third kappa shape index (κ3) is 5.94. The number of hydrogen-bond donors (Lipinski definition) is 1. The summed E-state index contributed by atoms with van der Waals surface area (Å²) in [6, 6.07) is 5.12. The van der Waals surface area contributed by atoms with Gasteiger partial charge < -0.3 is 10.0 Å². The van der Waals surface area contributed by atoms with Gasteiger partial charge in [0, 0.05) is 36.5 Å². The van der Waals surface area contributed by atoms with Crippen molar-refractivity contribution in [3.05, 3.63) is 33.8 Å². The van der Waals surface area contributed by atoms with Gasteiger partial charge in [-0.3, -0.25) is 9.59 Å². The molecule has 1 aromatic carbocycles. The van der Waals surface area contributed by atoms with Crippen LogP contribution in [0.15, 0.2) is 18.2 Å². The molecule has 1 rings (SSSR count). The maximum absolute atomic E-state index is 11.8. The van der Waals surface area contributed by atoms with Gasteiger partial charge in [0.1, 0.15) is 0 Å². The van der Waals surface area contributed by atoms with E-state index in [0.29, 0.717) is 23.0 Å². The summed E-state index contributed by atoms with van der Waals surface area (Å²) in [5.41, 5.74) is 0.839. The Morgan fingerprint density at radius 2 is 1.74 bits per heavy atom. The minimum atomic E-state index is -0.892. The second-order valence-corrected chi connectivity index (χ2v) is 5.15. The number of carboxylic acids is 1. The summed E-state index contributed by atoms with van der Waals surface area (Å²) in [6.45, 7) is 0.395. The lowest BCUT2D eigenvalue weighted by atomic mass is 10.2. The number of amides is 1. The summed E-state index contributed by atoms with van der Waals surface area (Å²) < 4.78 is 0. The van der Waals surface area contributed by atoms with Crippen molar-refractivity contribution < 1.29 is 14.7 Å². The van der Waals surface area contributed by atoms with Crippen LogP contribution >= 0.6 is 23.2 Å². The molecule has 19 heavy (non-hydrogen) atoms. The average molecular weight is 304 g/mol. The molecule has 0 aromatic heterocycles. The van der Waals surface area contributed by atoms with Crippen LogP contribution in [0, 0.1) is 0 Å². The van der Waals surface area contributed by atoms with Crippen LogP contribution in [0.3, 0.4) is 0 Å². The largest absolute Gasteiger partial charge is 0.481 e. The minimum absolute atomic E-state index is 0.00255. The maximum atomic E-state index is 11.8. The number of hydrogen-bond acceptors (Lipinski definition) is 2. The van der Waals surface area contributed by atoms with Crippen molar-refractivity contribution in [2.24, 2.45) is 0 Å². The zero-order valence-electron chi connectivity index (χ0n) is 10.5. The summed E-state index contributed by atoms with van der Waals surface area (Å²) >= 11 is 11.8. The molecule has 1 amide bonds. The molecular formula is C13H15Cl2NO3. The third-order valence-corrected chi connectivity index (χ3v) is 2.99. The Labute approximate surface area is 121 Å².